The molecule has 14 heavy (non-hydrogen) atoms. The smallest absolute Gasteiger partial charge is 0.264 e. The van der Waals surface area contributed by atoms with Gasteiger partial charge in [0.05, 0.1) is 5.69 Å². The van der Waals surface area contributed by atoms with Gasteiger partial charge in [-0.2, -0.15) is 0 Å². The van der Waals surface area contributed by atoms with E-state index in [1.54, 1.807) is 22.9 Å². The molecule has 0 spiro atoms. The fourth-order valence-electron chi connectivity index (χ4n) is 1.39. The minimum absolute atomic E-state index is 0.147. The second kappa shape index (κ2) is 3.06. The van der Waals surface area contributed by atoms with Gasteiger partial charge in [-0.05, 0) is 19.1 Å². The van der Waals surface area contributed by atoms with Crippen LogP contribution in [0.25, 0.3) is 5.69 Å². The van der Waals surface area contributed by atoms with Gasteiger partial charge in [0.1, 0.15) is 5.75 Å². The summed E-state index contributed by atoms with van der Waals surface area (Å²) in [6.07, 6.45) is 0. The number of nitrogens with zero attached hydrogens (tertiary/aromatic N) is 1. The van der Waals surface area contributed by atoms with E-state index in [0.29, 0.717) is 0 Å². The van der Waals surface area contributed by atoms with E-state index in [9.17, 15) is 9.90 Å². The SMILES string of the molecule is Cc1cc(=O)[nH]n1-c1cccc(O)c1. The number of hydrogen-bond acceptors (Lipinski definition) is 2. The minimum Gasteiger partial charge on any atom is -0.508 e. The largest absolute Gasteiger partial charge is 0.508 e. The summed E-state index contributed by atoms with van der Waals surface area (Å²) in [5, 5.41) is 11.9. The molecule has 2 aromatic rings. The number of benzene rings is 1. The van der Waals surface area contributed by atoms with Crippen LogP contribution in [-0.2, 0) is 0 Å². The summed E-state index contributed by atoms with van der Waals surface area (Å²) in [7, 11) is 0. The standard InChI is InChI=1S/C10H10N2O2/c1-7-5-10(14)11-12(7)8-3-2-4-9(13)6-8/h2-6,13H,1H3,(H,11,14). The minimum atomic E-state index is -0.147. The molecule has 1 heterocycles. The third kappa shape index (κ3) is 1.42. The number of H-pyrrole nitrogens is 1. The Kier molecular flexibility index (Phi) is 1.89. The number of nitrogens with one attached hydrogen (secondary N) is 1. The Balaban J connectivity index is 2.59. The second-order valence-corrected chi connectivity index (χ2v) is 3.12. The van der Waals surface area contributed by atoms with Crippen molar-refractivity contribution in [1.82, 2.24) is 9.78 Å². The molecule has 4 heteroatoms. The Morgan fingerprint density at radius 1 is 1.36 bits per heavy atom. The molecule has 0 aliphatic rings. The maximum Gasteiger partial charge on any atom is 0.264 e. The van der Waals surface area contributed by atoms with Crippen LogP contribution in [0.3, 0.4) is 0 Å². The Hall–Kier alpha value is -1.97. The highest BCUT2D eigenvalue weighted by Gasteiger charge is 2.01. The molecule has 0 bridgehead atoms. The number of phenolic OH excluding ortho intramolecular Hbond substituents is 1. The topological polar surface area (TPSA) is 58.0 Å². The molecule has 0 radical (unpaired) electrons. The Labute approximate surface area is 80.4 Å². The number of aromatic amines is 1. The third-order valence-electron chi connectivity index (χ3n) is 2.00. The number of aromatic hydroxyl groups is 1. The van der Waals surface area contributed by atoms with Gasteiger partial charge in [0, 0.05) is 17.8 Å². The molecular formula is C10H10N2O2. The van der Waals surface area contributed by atoms with Crippen molar-refractivity contribution in [1.29, 1.82) is 0 Å². The first kappa shape index (κ1) is 8.62. The molecule has 0 unspecified atom stereocenters. The quantitative estimate of drug-likeness (QED) is 0.709. The van der Waals surface area contributed by atoms with Crippen molar-refractivity contribution in [3.05, 3.63) is 46.4 Å². The van der Waals surface area contributed by atoms with Gasteiger partial charge < -0.3 is 5.11 Å². The molecule has 0 atom stereocenters. The summed E-state index contributed by atoms with van der Waals surface area (Å²) < 4.78 is 1.63. The number of rotatable bonds is 1. The highest BCUT2D eigenvalue weighted by atomic mass is 16.3. The zero-order valence-corrected chi connectivity index (χ0v) is 7.69. The number of phenols is 1. The van der Waals surface area contributed by atoms with E-state index in [2.05, 4.69) is 5.10 Å². The van der Waals surface area contributed by atoms with Crippen molar-refractivity contribution in [2.45, 2.75) is 6.92 Å². The van der Waals surface area contributed by atoms with E-state index >= 15 is 0 Å². The lowest BCUT2D eigenvalue weighted by Crippen LogP contribution is -2.03. The number of aryl methyl sites for hydroxylation is 1. The van der Waals surface area contributed by atoms with E-state index in [4.69, 9.17) is 0 Å². The lowest BCUT2D eigenvalue weighted by Gasteiger charge is -2.04. The molecule has 0 amide bonds. The molecule has 1 aromatic heterocycles. The van der Waals surface area contributed by atoms with Crippen LogP contribution >= 0.6 is 0 Å². The monoisotopic (exact) mass is 190 g/mol. The molecule has 1 aromatic carbocycles. The van der Waals surface area contributed by atoms with Gasteiger partial charge in [-0.1, -0.05) is 6.07 Å². The van der Waals surface area contributed by atoms with Crippen molar-refractivity contribution in [3.8, 4) is 11.4 Å². The van der Waals surface area contributed by atoms with Crippen LogP contribution in [0.2, 0.25) is 0 Å². The second-order valence-electron chi connectivity index (χ2n) is 3.12. The summed E-state index contributed by atoms with van der Waals surface area (Å²) in [6.45, 7) is 1.82. The zero-order chi connectivity index (χ0) is 10.1. The lowest BCUT2D eigenvalue weighted by molar-refractivity contribution is 0.474. The average molecular weight is 190 g/mol. The predicted octanol–water partition coefficient (Wildman–Crippen LogP) is 1.18. The van der Waals surface area contributed by atoms with Gasteiger partial charge in [-0.15, -0.1) is 0 Å². The van der Waals surface area contributed by atoms with Crippen molar-refractivity contribution in [3.63, 3.8) is 0 Å². The lowest BCUT2D eigenvalue weighted by atomic mass is 10.3. The molecule has 2 rings (SSSR count). The Bertz CT molecular complexity index is 511. The van der Waals surface area contributed by atoms with Gasteiger partial charge in [0.2, 0.25) is 0 Å². The number of hydrogen-bond donors (Lipinski definition) is 2. The van der Waals surface area contributed by atoms with Gasteiger partial charge >= 0.3 is 0 Å². The van der Waals surface area contributed by atoms with Crippen LogP contribution in [0.15, 0.2) is 35.1 Å². The van der Waals surface area contributed by atoms with Crippen LogP contribution < -0.4 is 5.56 Å². The van der Waals surface area contributed by atoms with Gasteiger partial charge in [0.15, 0.2) is 0 Å². The van der Waals surface area contributed by atoms with Crippen LogP contribution in [0.4, 0.5) is 0 Å². The van der Waals surface area contributed by atoms with Gasteiger partial charge in [-0.25, -0.2) is 0 Å². The molecule has 0 saturated heterocycles. The maximum absolute atomic E-state index is 11.0. The average Bonchev–Trinajstić information content (AvgIpc) is 2.45. The molecule has 72 valence electrons. The van der Waals surface area contributed by atoms with Crippen molar-refractivity contribution in [2.75, 3.05) is 0 Å². The van der Waals surface area contributed by atoms with E-state index in [1.165, 1.54) is 6.07 Å². The third-order valence-corrected chi connectivity index (χ3v) is 2.00. The van der Waals surface area contributed by atoms with E-state index < -0.39 is 0 Å². The maximum atomic E-state index is 11.0. The van der Waals surface area contributed by atoms with E-state index in [-0.39, 0.29) is 11.3 Å². The molecule has 2 N–H and O–H groups in total. The summed E-state index contributed by atoms with van der Waals surface area (Å²) in [5.74, 6) is 0.177. The van der Waals surface area contributed by atoms with Crippen LogP contribution in [0, 0.1) is 6.92 Å². The Morgan fingerprint density at radius 2 is 2.14 bits per heavy atom. The van der Waals surface area contributed by atoms with Crippen LogP contribution in [0.5, 0.6) is 5.75 Å². The van der Waals surface area contributed by atoms with Crippen LogP contribution in [-0.4, -0.2) is 14.9 Å². The molecule has 0 fully saturated rings. The highest BCUT2D eigenvalue weighted by molar-refractivity contribution is 5.38. The summed E-state index contributed by atoms with van der Waals surface area (Å²) in [5.41, 5.74) is 1.40. The van der Waals surface area contributed by atoms with Gasteiger partial charge in [0.25, 0.3) is 5.56 Å². The first-order chi connectivity index (χ1) is 6.66. The molecule has 4 nitrogen and oxygen atoms in total. The van der Waals surface area contributed by atoms with Gasteiger partial charge in [-0.3, -0.25) is 14.6 Å². The fourth-order valence-corrected chi connectivity index (χ4v) is 1.39. The summed E-state index contributed by atoms with van der Waals surface area (Å²) in [6, 6.07) is 8.21. The summed E-state index contributed by atoms with van der Waals surface area (Å²) in [4.78, 5) is 11.0. The molecular weight excluding hydrogens is 180 g/mol. The highest BCUT2D eigenvalue weighted by Crippen LogP contribution is 2.14. The number of aromatic nitrogens is 2. The molecule has 0 aliphatic carbocycles. The molecule has 0 saturated carbocycles. The van der Waals surface area contributed by atoms with Crippen molar-refractivity contribution in [2.24, 2.45) is 0 Å². The van der Waals surface area contributed by atoms with Crippen molar-refractivity contribution >= 4 is 0 Å². The zero-order valence-electron chi connectivity index (χ0n) is 7.69. The Morgan fingerprint density at radius 3 is 2.71 bits per heavy atom. The summed E-state index contributed by atoms with van der Waals surface area (Å²) >= 11 is 0. The fraction of sp³-hybridized carbons (Fsp3) is 0.100. The van der Waals surface area contributed by atoms with Crippen molar-refractivity contribution < 1.29 is 5.11 Å². The van der Waals surface area contributed by atoms with E-state index in [1.807, 2.05) is 13.0 Å². The normalized spacial score (nSPS) is 10.4. The first-order valence-corrected chi connectivity index (χ1v) is 4.25. The van der Waals surface area contributed by atoms with Crippen LogP contribution in [0.1, 0.15) is 5.69 Å². The predicted molar refractivity (Wildman–Crippen MR) is 52.8 cm³/mol. The molecule has 0 aliphatic heterocycles. The first-order valence-electron chi connectivity index (χ1n) is 4.25. The van der Waals surface area contributed by atoms with E-state index in [0.717, 1.165) is 11.4 Å².